The molecule has 2 heterocycles. The molecule has 5 heteroatoms. The van der Waals surface area contributed by atoms with Gasteiger partial charge in [-0.1, -0.05) is 73.3 Å². The molecule has 2 aromatic heterocycles. The van der Waals surface area contributed by atoms with Gasteiger partial charge in [-0.25, -0.2) is 4.98 Å². The van der Waals surface area contributed by atoms with Crippen LogP contribution in [-0.2, 0) is 12.8 Å². The van der Waals surface area contributed by atoms with Crippen LogP contribution in [-0.4, -0.2) is 9.55 Å². The Morgan fingerprint density at radius 2 is 1.68 bits per heavy atom. The molecule has 0 bridgehead atoms. The number of aromatic nitrogens is 2. The number of nitrogens with zero attached hydrogens (tertiary/aromatic N) is 2. The van der Waals surface area contributed by atoms with E-state index in [2.05, 4.69) is 4.98 Å². The topological polar surface area (TPSA) is 57.9 Å². The maximum absolute atomic E-state index is 13.5. The normalized spacial score (nSPS) is 10.9. The zero-order valence-electron chi connectivity index (χ0n) is 15.5. The highest BCUT2D eigenvalue weighted by Gasteiger charge is 2.20. The molecule has 28 heavy (non-hydrogen) atoms. The van der Waals surface area contributed by atoms with Gasteiger partial charge in [-0.3, -0.25) is 9.36 Å². The first-order chi connectivity index (χ1) is 13.7. The van der Waals surface area contributed by atoms with E-state index < -0.39 is 0 Å². The summed E-state index contributed by atoms with van der Waals surface area (Å²) in [5, 5.41) is 15.7. The van der Waals surface area contributed by atoms with E-state index in [0.717, 1.165) is 11.1 Å². The maximum atomic E-state index is 13.5. The van der Waals surface area contributed by atoms with Gasteiger partial charge >= 0.3 is 0 Å². The Balaban J connectivity index is 2.04. The Hall–Kier alpha value is -3.18. The van der Waals surface area contributed by atoms with Gasteiger partial charge in [-0.15, -0.1) is 11.3 Å². The van der Waals surface area contributed by atoms with E-state index in [1.807, 2.05) is 73.0 Å². The van der Waals surface area contributed by atoms with Crippen molar-refractivity contribution in [2.75, 3.05) is 0 Å². The number of hydrogen-bond donors (Lipinski definition) is 0. The Labute approximate surface area is 167 Å². The fraction of sp³-hybridized carbons (Fsp3) is 0.130. The third-order valence-electron chi connectivity index (χ3n) is 4.75. The van der Waals surface area contributed by atoms with Crippen molar-refractivity contribution in [3.8, 4) is 22.1 Å². The Bertz CT molecular complexity index is 1130. The summed E-state index contributed by atoms with van der Waals surface area (Å²) in [7, 11) is 0. The molecule has 0 saturated heterocycles. The van der Waals surface area contributed by atoms with Crippen LogP contribution in [0.4, 0.5) is 0 Å². The van der Waals surface area contributed by atoms with Crippen LogP contribution >= 0.6 is 11.3 Å². The van der Waals surface area contributed by atoms with Crippen LogP contribution in [0.15, 0.2) is 77.0 Å². The molecule has 0 spiro atoms. The SMILES string of the molecule is CCc1c([O-])c(Cc2ccccc2)c(=O)n(-c2nccs2)c1-c1ccccc1. The van der Waals surface area contributed by atoms with Gasteiger partial charge < -0.3 is 5.11 Å². The van der Waals surface area contributed by atoms with Crippen molar-refractivity contribution in [3.05, 3.63) is 99.3 Å². The first-order valence-corrected chi connectivity index (χ1v) is 10.1. The van der Waals surface area contributed by atoms with Crippen molar-refractivity contribution in [2.45, 2.75) is 19.8 Å². The lowest BCUT2D eigenvalue weighted by Crippen LogP contribution is -2.28. The lowest BCUT2D eigenvalue weighted by Gasteiger charge is -2.25. The molecule has 0 saturated carbocycles. The van der Waals surface area contributed by atoms with Crippen LogP contribution in [0.2, 0.25) is 0 Å². The van der Waals surface area contributed by atoms with E-state index in [4.69, 9.17) is 0 Å². The number of pyridine rings is 1. The smallest absolute Gasteiger partial charge is 0.260 e. The van der Waals surface area contributed by atoms with Crippen LogP contribution in [0.1, 0.15) is 23.6 Å². The third-order valence-corrected chi connectivity index (χ3v) is 5.51. The molecule has 0 atom stereocenters. The molecule has 0 fully saturated rings. The van der Waals surface area contributed by atoms with E-state index in [0.29, 0.717) is 29.2 Å². The van der Waals surface area contributed by atoms with Gasteiger partial charge in [0.25, 0.3) is 5.56 Å². The summed E-state index contributed by atoms with van der Waals surface area (Å²) < 4.78 is 1.61. The van der Waals surface area contributed by atoms with E-state index >= 15 is 0 Å². The second-order valence-electron chi connectivity index (χ2n) is 6.47. The number of thiazole rings is 1. The number of hydrogen-bond acceptors (Lipinski definition) is 4. The fourth-order valence-electron chi connectivity index (χ4n) is 3.45. The quantitative estimate of drug-likeness (QED) is 0.516. The van der Waals surface area contributed by atoms with Crippen molar-refractivity contribution < 1.29 is 5.11 Å². The molecule has 0 aliphatic rings. The van der Waals surface area contributed by atoms with Gasteiger partial charge in [0.2, 0.25) is 0 Å². The second-order valence-corrected chi connectivity index (χ2v) is 7.35. The molecule has 140 valence electrons. The zero-order chi connectivity index (χ0) is 19.5. The molecule has 0 N–H and O–H groups in total. The predicted octanol–water partition coefficient (Wildman–Crippen LogP) is 4.19. The summed E-state index contributed by atoms with van der Waals surface area (Å²) >= 11 is 1.39. The first-order valence-electron chi connectivity index (χ1n) is 9.17. The van der Waals surface area contributed by atoms with Gasteiger partial charge in [0.05, 0.1) is 5.69 Å². The van der Waals surface area contributed by atoms with Gasteiger partial charge in [0, 0.05) is 23.6 Å². The summed E-state index contributed by atoms with van der Waals surface area (Å²) in [5.41, 5.74) is 3.07. The number of benzene rings is 2. The first kappa shape index (κ1) is 18.2. The average Bonchev–Trinajstić information content (AvgIpc) is 3.26. The minimum absolute atomic E-state index is 0.164. The predicted molar refractivity (Wildman–Crippen MR) is 111 cm³/mol. The molecule has 4 rings (SSSR count). The maximum Gasteiger partial charge on any atom is 0.260 e. The largest absolute Gasteiger partial charge is 0.872 e. The van der Waals surface area contributed by atoms with E-state index in [1.54, 1.807) is 10.8 Å². The monoisotopic (exact) mass is 387 g/mol. The van der Waals surface area contributed by atoms with Gasteiger partial charge in [-0.2, -0.15) is 0 Å². The van der Waals surface area contributed by atoms with Crippen LogP contribution in [0.5, 0.6) is 5.75 Å². The second kappa shape index (κ2) is 7.82. The molecule has 0 unspecified atom stereocenters. The minimum Gasteiger partial charge on any atom is -0.872 e. The standard InChI is InChI=1S/C23H20N2O2S/c1-2-18-20(17-11-7-4-8-12-17)25(23-24-13-14-28-23)22(27)19(21(18)26)15-16-9-5-3-6-10-16/h3-14,26H,2,15H2,1H3/p-1. The summed E-state index contributed by atoms with van der Waals surface area (Å²) in [5.74, 6) is -0.164. The van der Waals surface area contributed by atoms with Crippen LogP contribution in [0.25, 0.3) is 16.4 Å². The zero-order valence-corrected chi connectivity index (χ0v) is 16.3. The van der Waals surface area contributed by atoms with Crippen molar-refractivity contribution in [1.82, 2.24) is 9.55 Å². The molecular formula is C23H19N2O2S-. The van der Waals surface area contributed by atoms with Crippen LogP contribution in [0.3, 0.4) is 0 Å². The Morgan fingerprint density at radius 3 is 2.29 bits per heavy atom. The lowest BCUT2D eigenvalue weighted by molar-refractivity contribution is -0.270. The Morgan fingerprint density at radius 1 is 1.00 bits per heavy atom. The van der Waals surface area contributed by atoms with Gasteiger partial charge in [-0.05, 0) is 23.1 Å². The van der Waals surface area contributed by atoms with Crippen molar-refractivity contribution in [1.29, 1.82) is 0 Å². The van der Waals surface area contributed by atoms with Gasteiger partial charge in [0.15, 0.2) is 5.13 Å². The summed E-state index contributed by atoms with van der Waals surface area (Å²) in [4.78, 5) is 17.9. The van der Waals surface area contributed by atoms with Crippen molar-refractivity contribution in [2.24, 2.45) is 0 Å². The Kier molecular flexibility index (Phi) is 5.08. The number of rotatable bonds is 5. The molecule has 4 nitrogen and oxygen atoms in total. The molecular weight excluding hydrogens is 368 g/mol. The molecule has 0 aliphatic carbocycles. The highest BCUT2D eigenvalue weighted by Crippen LogP contribution is 2.33. The molecule has 4 aromatic rings. The van der Waals surface area contributed by atoms with Crippen molar-refractivity contribution in [3.63, 3.8) is 0 Å². The van der Waals surface area contributed by atoms with E-state index in [-0.39, 0.29) is 16.9 Å². The molecule has 2 aromatic carbocycles. The molecule has 0 radical (unpaired) electrons. The van der Waals surface area contributed by atoms with Crippen molar-refractivity contribution >= 4 is 11.3 Å². The molecule has 0 amide bonds. The van der Waals surface area contributed by atoms with E-state index in [9.17, 15) is 9.90 Å². The van der Waals surface area contributed by atoms with E-state index in [1.165, 1.54) is 11.3 Å². The van der Waals surface area contributed by atoms with Crippen LogP contribution in [0, 0.1) is 0 Å². The summed E-state index contributed by atoms with van der Waals surface area (Å²) in [6.45, 7) is 1.95. The highest BCUT2D eigenvalue weighted by atomic mass is 32.1. The summed E-state index contributed by atoms with van der Waals surface area (Å²) in [6.07, 6.45) is 2.53. The lowest BCUT2D eigenvalue weighted by atomic mass is 9.97. The summed E-state index contributed by atoms with van der Waals surface area (Å²) in [6, 6.07) is 19.2. The third kappa shape index (κ3) is 3.25. The fourth-order valence-corrected chi connectivity index (χ4v) is 4.10. The van der Waals surface area contributed by atoms with Gasteiger partial charge in [0.1, 0.15) is 0 Å². The average molecular weight is 387 g/mol. The highest BCUT2D eigenvalue weighted by molar-refractivity contribution is 7.12. The molecule has 0 aliphatic heterocycles. The van der Waals surface area contributed by atoms with Crippen LogP contribution < -0.4 is 10.7 Å². The minimum atomic E-state index is -0.292.